The average Bonchev–Trinajstić information content (AvgIpc) is 2.37. The zero-order valence-electron chi connectivity index (χ0n) is 9.80. The van der Waals surface area contributed by atoms with Crippen LogP contribution in [0.25, 0.3) is 0 Å². The molecule has 0 heterocycles. The molecule has 1 aromatic rings. The predicted molar refractivity (Wildman–Crippen MR) is 66.1 cm³/mol. The minimum absolute atomic E-state index is 0.112. The summed E-state index contributed by atoms with van der Waals surface area (Å²) in [6, 6.07) is 5.91. The van der Waals surface area contributed by atoms with E-state index in [1.165, 1.54) is 24.3 Å². The summed E-state index contributed by atoms with van der Waals surface area (Å²) in [6.45, 7) is 5.13. The minimum Gasteiger partial charge on any atom is -0.478 e. The Morgan fingerprint density at radius 2 is 2.22 bits per heavy atom. The van der Waals surface area contributed by atoms with Gasteiger partial charge in [-0.05, 0) is 18.2 Å². The lowest BCUT2D eigenvalue weighted by Crippen LogP contribution is -2.20. The van der Waals surface area contributed by atoms with Crippen molar-refractivity contribution in [2.75, 3.05) is 5.32 Å². The van der Waals surface area contributed by atoms with Crippen LogP contribution in [-0.2, 0) is 4.79 Å². The molecule has 0 aliphatic rings. The Labute approximate surface area is 104 Å². The highest BCUT2D eigenvalue weighted by Crippen LogP contribution is 2.18. The number of hydrogen-bond acceptors (Lipinski definition) is 3. The van der Waals surface area contributed by atoms with E-state index in [9.17, 15) is 9.59 Å². The van der Waals surface area contributed by atoms with E-state index in [0.29, 0.717) is 0 Å². The second kappa shape index (κ2) is 5.64. The molecule has 0 fully saturated rings. The van der Waals surface area contributed by atoms with E-state index in [0.717, 1.165) is 0 Å². The van der Waals surface area contributed by atoms with Crippen molar-refractivity contribution >= 4 is 17.6 Å². The molecule has 0 radical (unpaired) electrons. The van der Waals surface area contributed by atoms with Crippen LogP contribution in [0.4, 0.5) is 5.69 Å². The molecule has 0 bridgehead atoms. The van der Waals surface area contributed by atoms with Crippen LogP contribution in [0.1, 0.15) is 22.8 Å². The minimum atomic E-state index is -1.20. The molecule has 5 heteroatoms. The van der Waals surface area contributed by atoms with Crippen LogP contribution in [-0.4, -0.2) is 17.0 Å². The van der Waals surface area contributed by atoms with Crippen molar-refractivity contribution in [3.8, 4) is 6.07 Å². The monoisotopic (exact) mass is 244 g/mol. The number of amides is 1. The van der Waals surface area contributed by atoms with Gasteiger partial charge in [0.25, 0.3) is 0 Å². The van der Waals surface area contributed by atoms with Crippen LogP contribution >= 0.6 is 0 Å². The van der Waals surface area contributed by atoms with E-state index in [2.05, 4.69) is 11.9 Å². The first-order valence-electron chi connectivity index (χ1n) is 5.20. The fraction of sp³-hybridized carbons (Fsp3) is 0.154. The SMILES string of the molecule is C=CC(C)C(=O)Nc1ccc(C#N)cc1C(=O)O. The summed E-state index contributed by atoms with van der Waals surface area (Å²) < 4.78 is 0. The molecule has 1 rings (SSSR count). The number of carbonyl (C=O) groups is 2. The molecular weight excluding hydrogens is 232 g/mol. The lowest BCUT2D eigenvalue weighted by Gasteiger charge is -2.10. The lowest BCUT2D eigenvalue weighted by molar-refractivity contribution is -0.118. The molecule has 0 saturated heterocycles. The van der Waals surface area contributed by atoms with E-state index in [1.54, 1.807) is 6.92 Å². The number of carbonyl (C=O) groups excluding carboxylic acids is 1. The van der Waals surface area contributed by atoms with Crippen LogP contribution in [0.3, 0.4) is 0 Å². The molecule has 0 aromatic heterocycles. The van der Waals surface area contributed by atoms with Gasteiger partial charge < -0.3 is 10.4 Å². The van der Waals surface area contributed by atoms with E-state index in [4.69, 9.17) is 10.4 Å². The van der Waals surface area contributed by atoms with E-state index in [-0.39, 0.29) is 22.7 Å². The van der Waals surface area contributed by atoms with Gasteiger partial charge in [0, 0.05) is 0 Å². The van der Waals surface area contributed by atoms with Gasteiger partial charge in [-0.3, -0.25) is 4.79 Å². The largest absolute Gasteiger partial charge is 0.478 e. The van der Waals surface area contributed by atoms with Gasteiger partial charge >= 0.3 is 5.97 Å². The summed E-state index contributed by atoms with van der Waals surface area (Å²) in [7, 11) is 0. The summed E-state index contributed by atoms with van der Waals surface area (Å²) in [4.78, 5) is 22.7. The van der Waals surface area contributed by atoms with E-state index < -0.39 is 11.9 Å². The highest BCUT2D eigenvalue weighted by atomic mass is 16.4. The van der Waals surface area contributed by atoms with Crippen molar-refractivity contribution in [2.24, 2.45) is 5.92 Å². The quantitative estimate of drug-likeness (QED) is 0.793. The first-order chi connectivity index (χ1) is 8.49. The first kappa shape index (κ1) is 13.5. The average molecular weight is 244 g/mol. The molecule has 18 heavy (non-hydrogen) atoms. The van der Waals surface area contributed by atoms with Crippen molar-refractivity contribution in [2.45, 2.75) is 6.92 Å². The Morgan fingerprint density at radius 1 is 1.56 bits per heavy atom. The second-order valence-electron chi connectivity index (χ2n) is 3.69. The number of benzene rings is 1. The number of nitriles is 1. The van der Waals surface area contributed by atoms with Gasteiger partial charge in [0.05, 0.1) is 28.8 Å². The zero-order chi connectivity index (χ0) is 13.7. The topological polar surface area (TPSA) is 90.2 Å². The Morgan fingerprint density at radius 3 is 2.72 bits per heavy atom. The summed E-state index contributed by atoms with van der Waals surface area (Å²) in [5.41, 5.74) is 0.279. The molecule has 5 nitrogen and oxygen atoms in total. The van der Waals surface area contributed by atoms with E-state index >= 15 is 0 Å². The summed E-state index contributed by atoms with van der Waals surface area (Å²) in [5, 5.41) is 20.2. The van der Waals surface area contributed by atoms with Crippen LogP contribution in [0.15, 0.2) is 30.9 Å². The number of aromatic carboxylic acids is 1. The molecular formula is C13H12N2O3. The third-order valence-corrected chi connectivity index (χ3v) is 2.40. The zero-order valence-corrected chi connectivity index (χ0v) is 9.80. The summed E-state index contributed by atoms with van der Waals surface area (Å²) in [5.74, 6) is -1.98. The van der Waals surface area contributed by atoms with E-state index in [1.807, 2.05) is 6.07 Å². The molecule has 0 saturated carbocycles. The van der Waals surface area contributed by atoms with Crippen molar-refractivity contribution in [3.05, 3.63) is 42.0 Å². The Bertz CT molecular complexity index is 544. The number of nitrogens with one attached hydrogen (secondary N) is 1. The molecule has 1 unspecified atom stereocenters. The molecule has 92 valence electrons. The maximum Gasteiger partial charge on any atom is 0.337 e. The van der Waals surface area contributed by atoms with Gasteiger partial charge in [0.15, 0.2) is 0 Å². The van der Waals surface area contributed by atoms with Crippen molar-refractivity contribution in [1.82, 2.24) is 0 Å². The molecule has 1 aromatic carbocycles. The number of carboxylic acids is 1. The number of hydrogen-bond donors (Lipinski definition) is 2. The summed E-state index contributed by atoms with van der Waals surface area (Å²) >= 11 is 0. The fourth-order valence-electron chi connectivity index (χ4n) is 1.25. The summed E-state index contributed by atoms with van der Waals surface area (Å²) in [6.07, 6.45) is 1.46. The van der Waals surface area contributed by atoms with Gasteiger partial charge in [-0.2, -0.15) is 5.26 Å². The van der Waals surface area contributed by atoms with Crippen LogP contribution in [0, 0.1) is 17.2 Å². The van der Waals surface area contributed by atoms with Crippen LogP contribution < -0.4 is 5.32 Å². The molecule has 0 aliphatic carbocycles. The van der Waals surface area contributed by atoms with Crippen LogP contribution in [0.5, 0.6) is 0 Å². The molecule has 0 spiro atoms. The normalized spacial score (nSPS) is 11.1. The highest BCUT2D eigenvalue weighted by Gasteiger charge is 2.15. The predicted octanol–water partition coefficient (Wildman–Crippen LogP) is 2.02. The Balaban J connectivity index is 3.10. The van der Waals surface area contributed by atoms with Crippen molar-refractivity contribution in [1.29, 1.82) is 5.26 Å². The first-order valence-corrected chi connectivity index (χ1v) is 5.20. The Kier molecular flexibility index (Phi) is 4.22. The molecule has 0 aliphatic heterocycles. The lowest BCUT2D eigenvalue weighted by atomic mass is 10.1. The number of rotatable bonds is 4. The van der Waals surface area contributed by atoms with Crippen LogP contribution in [0.2, 0.25) is 0 Å². The number of nitrogens with zero attached hydrogens (tertiary/aromatic N) is 1. The highest BCUT2D eigenvalue weighted by molar-refractivity contribution is 6.01. The third kappa shape index (κ3) is 2.95. The van der Waals surface area contributed by atoms with Gasteiger partial charge in [0.2, 0.25) is 5.91 Å². The molecule has 2 N–H and O–H groups in total. The van der Waals surface area contributed by atoms with Gasteiger partial charge in [-0.25, -0.2) is 4.79 Å². The molecule has 1 atom stereocenters. The smallest absolute Gasteiger partial charge is 0.337 e. The number of anilines is 1. The third-order valence-electron chi connectivity index (χ3n) is 2.40. The van der Waals surface area contributed by atoms with Crippen molar-refractivity contribution in [3.63, 3.8) is 0 Å². The maximum atomic E-state index is 11.6. The van der Waals surface area contributed by atoms with Crippen molar-refractivity contribution < 1.29 is 14.7 Å². The second-order valence-corrected chi connectivity index (χ2v) is 3.69. The number of carboxylic acid groups (broad SMARTS) is 1. The Hall–Kier alpha value is -2.61. The van der Waals surface area contributed by atoms with Gasteiger partial charge in [-0.15, -0.1) is 6.58 Å². The van der Waals surface area contributed by atoms with Gasteiger partial charge in [0.1, 0.15) is 0 Å². The fourth-order valence-corrected chi connectivity index (χ4v) is 1.25. The maximum absolute atomic E-state index is 11.6. The molecule has 1 amide bonds. The van der Waals surface area contributed by atoms with Gasteiger partial charge in [-0.1, -0.05) is 13.0 Å². The standard InChI is InChI=1S/C13H12N2O3/c1-3-8(2)12(16)15-11-5-4-9(7-14)6-10(11)13(17)18/h3-6,8H,1H2,2H3,(H,15,16)(H,17,18).